The first-order valence-corrected chi connectivity index (χ1v) is 5.51. The predicted octanol–water partition coefficient (Wildman–Crippen LogP) is 1.78. The van der Waals surface area contributed by atoms with Crippen LogP contribution in [0.2, 0.25) is 0 Å². The van der Waals surface area contributed by atoms with Gasteiger partial charge in [0.2, 0.25) is 5.91 Å². The van der Waals surface area contributed by atoms with Gasteiger partial charge >= 0.3 is 0 Å². The minimum Gasteiger partial charge on any atom is -0.370 e. The second-order valence-electron chi connectivity index (χ2n) is 3.46. The van der Waals surface area contributed by atoms with Crippen LogP contribution in [-0.2, 0) is 4.79 Å². The lowest BCUT2D eigenvalue weighted by molar-refractivity contribution is -0.118. The summed E-state index contributed by atoms with van der Waals surface area (Å²) in [5, 5.41) is 1.16. The smallest absolute Gasteiger partial charge is 0.219 e. The highest BCUT2D eigenvalue weighted by atomic mass is 32.1. The van der Waals surface area contributed by atoms with Crippen molar-refractivity contribution in [1.82, 2.24) is 0 Å². The Morgan fingerprint density at radius 2 is 2.13 bits per heavy atom. The van der Waals surface area contributed by atoms with Gasteiger partial charge in [-0.25, -0.2) is 0 Å². The van der Waals surface area contributed by atoms with Crippen LogP contribution in [0.5, 0.6) is 0 Å². The lowest BCUT2D eigenvalue weighted by Gasteiger charge is -2.04. The maximum absolute atomic E-state index is 10.7. The number of carbonyl (C=O) groups excluding carboxylic acids is 1. The number of fused-ring (bicyclic) bond motifs is 1. The maximum Gasteiger partial charge on any atom is 0.219 e. The van der Waals surface area contributed by atoms with Crippen molar-refractivity contribution >= 4 is 27.3 Å². The fourth-order valence-corrected chi connectivity index (χ4v) is 2.57. The molecule has 1 aromatic carbocycles. The predicted molar refractivity (Wildman–Crippen MR) is 62.6 cm³/mol. The van der Waals surface area contributed by atoms with Crippen molar-refractivity contribution in [3.63, 3.8) is 0 Å². The van der Waals surface area contributed by atoms with Crippen LogP contribution in [0.1, 0.15) is 17.3 Å². The highest BCUT2D eigenvalue weighted by Crippen LogP contribution is 2.29. The molecule has 3 nitrogen and oxygen atoms in total. The molecule has 0 bridgehead atoms. The number of nitrogens with two attached hydrogens (primary N) is 2. The molecule has 0 aliphatic rings. The van der Waals surface area contributed by atoms with E-state index < -0.39 is 0 Å². The van der Waals surface area contributed by atoms with E-state index in [1.807, 2.05) is 30.3 Å². The van der Waals surface area contributed by atoms with Crippen molar-refractivity contribution in [1.29, 1.82) is 0 Å². The highest BCUT2D eigenvalue weighted by molar-refractivity contribution is 7.19. The molecule has 0 fully saturated rings. The Morgan fingerprint density at radius 3 is 2.80 bits per heavy atom. The molecule has 0 saturated carbocycles. The lowest BCUT2D eigenvalue weighted by Crippen LogP contribution is -2.19. The molecule has 15 heavy (non-hydrogen) atoms. The van der Waals surface area contributed by atoms with Gasteiger partial charge in [0.15, 0.2) is 0 Å². The van der Waals surface area contributed by atoms with Gasteiger partial charge in [0, 0.05) is 22.0 Å². The third-order valence-electron chi connectivity index (χ3n) is 2.23. The molecule has 1 unspecified atom stereocenters. The average Bonchev–Trinajstić information content (AvgIpc) is 2.59. The number of benzene rings is 1. The summed E-state index contributed by atoms with van der Waals surface area (Å²) in [5.41, 5.74) is 11.0. The van der Waals surface area contributed by atoms with Crippen LogP contribution in [0.4, 0.5) is 0 Å². The summed E-state index contributed by atoms with van der Waals surface area (Å²) in [7, 11) is 0. The van der Waals surface area contributed by atoms with Crippen LogP contribution in [-0.4, -0.2) is 5.91 Å². The van der Waals surface area contributed by atoms with Crippen LogP contribution < -0.4 is 11.5 Å². The zero-order valence-corrected chi connectivity index (χ0v) is 8.96. The molecule has 0 aliphatic carbocycles. The molecule has 1 heterocycles. The highest BCUT2D eigenvalue weighted by Gasteiger charge is 2.12. The van der Waals surface area contributed by atoms with E-state index in [9.17, 15) is 4.79 Å². The largest absolute Gasteiger partial charge is 0.370 e. The Morgan fingerprint density at radius 1 is 1.40 bits per heavy atom. The Bertz CT molecular complexity index is 459. The molecule has 2 aromatic rings. The molecule has 1 atom stereocenters. The van der Waals surface area contributed by atoms with E-state index in [4.69, 9.17) is 11.5 Å². The van der Waals surface area contributed by atoms with Crippen molar-refractivity contribution in [2.24, 2.45) is 11.5 Å². The van der Waals surface area contributed by atoms with Crippen LogP contribution in [0.25, 0.3) is 10.1 Å². The molecule has 0 spiro atoms. The zero-order chi connectivity index (χ0) is 10.8. The molecule has 4 heteroatoms. The summed E-state index contributed by atoms with van der Waals surface area (Å²) in [4.78, 5) is 11.8. The Kier molecular flexibility index (Phi) is 2.70. The number of hydrogen-bond acceptors (Lipinski definition) is 3. The van der Waals surface area contributed by atoms with Crippen LogP contribution in [0.3, 0.4) is 0 Å². The van der Waals surface area contributed by atoms with E-state index in [-0.39, 0.29) is 18.4 Å². The summed E-state index contributed by atoms with van der Waals surface area (Å²) < 4.78 is 1.19. The summed E-state index contributed by atoms with van der Waals surface area (Å²) in [6.07, 6.45) is 0.201. The van der Waals surface area contributed by atoms with Crippen LogP contribution in [0.15, 0.2) is 30.3 Å². The molecule has 0 radical (unpaired) electrons. The molecule has 1 aromatic heterocycles. The van der Waals surface area contributed by atoms with E-state index >= 15 is 0 Å². The van der Waals surface area contributed by atoms with Crippen molar-refractivity contribution < 1.29 is 4.79 Å². The zero-order valence-electron chi connectivity index (χ0n) is 8.14. The molecule has 0 saturated heterocycles. The van der Waals surface area contributed by atoms with Crippen LogP contribution >= 0.6 is 11.3 Å². The quantitative estimate of drug-likeness (QED) is 0.827. The first-order valence-electron chi connectivity index (χ1n) is 4.69. The number of amides is 1. The minimum absolute atomic E-state index is 0.201. The SMILES string of the molecule is NC(=O)CC(N)c1cc2ccccc2s1. The molecule has 2 rings (SSSR count). The van der Waals surface area contributed by atoms with E-state index in [0.717, 1.165) is 10.3 Å². The van der Waals surface area contributed by atoms with Gasteiger partial charge in [-0.1, -0.05) is 18.2 Å². The summed E-state index contributed by atoms with van der Waals surface area (Å²) in [5.74, 6) is -0.361. The van der Waals surface area contributed by atoms with Gasteiger partial charge in [-0.15, -0.1) is 11.3 Å². The Labute approximate surface area is 91.7 Å². The molecule has 1 amide bonds. The summed E-state index contributed by atoms with van der Waals surface area (Å²) >= 11 is 1.61. The summed E-state index contributed by atoms with van der Waals surface area (Å²) in [6, 6.07) is 9.79. The van der Waals surface area contributed by atoms with Gasteiger partial charge in [-0.2, -0.15) is 0 Å². The molecule has 78 valence electrons. The van der Waals surface area contributed by atoms with Crippen molar-refractivity contribution in [3.8, 4) is 0 Å². The molecular formula is C11H12N2OS. The molecule has 0 aliphatic heterocycles. The Balaban J connectivity index is 2.32. The van der Waals surface area contributed by atoms with Gasteiger partial charge in [-0.3, -0.25) is 4.79 Å². The Hall–Kier alpha value is -1.39. The van der Waals surface area contributed by atoms with Gasteiger partial charge in [0.1, 0.15) is 0 Å². The van der Waals surface area contributed by atoms with Crippen molar-refractivity contribution in [3.05, 3.63) is 35.2 Å². The fraction of sp³-hybridized carbons (Fsp3) is 0.182. The third-order valence-corrected chi connectivity index (χ3v) is 3.48. The van der Waals surface area contributed by atoms with Gasteiger partial charge in [-0.05, 0) is 17.5 Å². The van der Waals surface area contributed by atoms with Gasteiger partial charge in [0.05, 0.1) is 0 Å². The first kappa shape index (κ1) is 10.1. The third kappa shape index (κ3) is 2.16. The number of rotatable bonds is 3. The van der Waals surface area contributed by atoms with Gasteiger partial charge < -0.3 is 11.5 Å². The summed E-state index contributed by atoms with van der Waals surface area (Å²) in [6.45, 7) is 0. The number of hydrogen-bond donors (Lipinski definition) is 2. The fourth-order valence-electron chi connectivity index (χ4n) is 1.50. The second-order valence-corrected chi connectivity index (χ2v) is 4.58. The molecule has 4 N–H and O–H groups in total. The molecular weight excluding hydrogens is 208 g/mol. The number of thiophene rings is 1. The maximum atomic E-state index is 10.7. The lowest BCUT2D eigenvalue weighted by atomic mass is 10.1. The minimum atomic E-state index is -0.361. The monoisotopic (exact) mass is 220 g/mol. The van der Waals surface area contributed by atoms with E-state index in [2.05, 4.69) is 0 Å². The standard InChI is InChI=1S/C11H12N2OS/c12-8(6-11(13)14)10-5-7-3-1-2-4-9(7)15-10/h1-5,8H,6,12H2,(H2,13,14). The normalized spacial score (nSPS) is 12.9. The van der Waals surface area contributed by atoms with E-state index in [0.29, 0.717) is 0 Å². The second kappa shape index (κ2) is 4.00. The van der Waals surface area contributed by atoms with E-state index in [1.165, 1.54) is 4.70 Å². The van der Waals surface area contributed by atoms with Crippen molar-refractivity contribution in [2.75, 3.05) is 0 Å². The van der Waals surface area contributed by atoms with Gasteiger partial charge in [0.25, 0.3) is 0 Å². The topological polar surface area (TPSA) is 69.1 Å². The first-order chi connectivity index (χ1) is 7.16. The van der Waals surface area contributed by atoms with Crippen LogP contribution in [0, 0.1) is 0 Å². The number of primary amides is 1. The number of carbonyl (C=O) groups is 1. The average molecular weight is 220 g/mol. The van der Waals surface area contributed by atoms with Crippen molar-refractivity contribution in [2.45, 2.75) is 12.5 Å². The van der Waals surface area contributed by atoms with E-state index in [1.54, 1.807) is 11.3 Å².